The minimum atomic E-state index is -0.409. The first-order valence-electron chi connectivity index (χ1n) is 12.8. The molecule has 0 fully saturated rings. The van der Waals surface area contributed by atoms with Crippen LogP contribution >= 0.6 is 0 Å². The number of aliphatic imine (C=N–C) groups is 1. The summed E-state index contributed by atoms with van der Waals surface area (Å²) >= 11 is 0. The van der Waals surface area contributed by atoms with Crippen molar-refractivity contribution in [3.05, 3.63) is 125 Å². The average molecular weight is 485 g/mol. The molecule has 0 amide bonds. The third-order valence-electron chi connectivity index (χ3n) is 7.05. The summed E-state index contributed by atoms with van der Waals surface area (Å²) in [4.78, 5) is 4.25. The van der Waals surface area contributed by atoms with Gasteiger partial charge in [-0.15, -0.1) is 0 Å². The lowest BCUT2D eigenvalue weighted by Crippen LogP contribution is -2.08. The van der Waals surface area contributed by atoms with Gasteiger partial charge in [0.15, 0.2) is 0 Å². The first-order chi connectivity index (χ1) is 18.1. The monoisotopic (exact) mass is 484 g/mol. The summed E-state index contributed by atoms with van der Waals surface area (Å²) in [7, 11) is 0. The number of para-hydroxylation sites is 1. The van der Waals surface area contributed by atoms with Crippen LogP contribution in [-0.2, 0) is 6.42 Å². The zero-order chi connectivity index (χ0) is 25.8. The Morgan fingerprint density at radius 2 is 1.68 bits per heavy atom. The summed E-state index contributed by atoms with van der Waals surface area (Å²) in [6.07, 6.45) is 6.23. The van der Waals surface area contributed by atoms with Crippen LogP contribution in [0.3, 0.4) is 0 Å². The molecule has 37 heavy (non-hydrogen) atoms. The standard InChI is InChI=1S/C34H32N2O/c1-4-23(5-2)21-24-15-17-25(18-16-24)27-19-20-28(34-33(27)29-13-9-10-14-32(29)37-34)30(35)22-31(36-3)26-11-7-6-8-12-26/h4,6-20,22,30H,3,5,21,35H2,1-2H3/b23-4+,31-22-. The SMILES string of the molecule is C=N/C(=C\C(N)c1ccc(-c2ccc(C/C(=C/C)CC)cc2)c2c1oc1ccccc12)c1ccccc1. The van der Waals surface area contributed by atoms with Gasteiger partial charge in [0.25, 0.3) is 0 Å². The average Bonchev–Trinajstić information content (AvgIpc) is 3.34. The third-order valence-corrected chi connectivity index (χ3v) is 7.05. The van der Waals surface area contributed by atoms with Gasteiger partial charge in [0, 0.05) is 16.3 Å². The molecule has 2 N–H and O–H groups in total. The first kappa shape index (κ1) is 24.5. The van der Waals surface area contributed by atoms with Crippen molar-refractivity contribution < 1.29 is 4.42 Å². The topological polar surface area (TPSA) is 51.5 Å². The number of nitrogens with zero attached hydrogens (tertiary/aromatic N) is 1. The number of hydrogen-bond donors (Lipinski definition) is 1. The maximum absolute atomic E-state index is 6.75. The van der Waals surface area contributed by atoms with Crippen LogP contribution in [0.15, 0.2) is 118 Å². The van der Waals surface area contributed by atoms with Crippen molar-refractivity contribution in [3.8, 4) is 11.1 Å². The molecule has 0 radical (unpaired) electrons. The fraction of sp³-hybridized carbons (Fsp3) is 0.147. The van der Waals surface area contributed by atoms with E-state index < -0.39 is 6.04 Å². The molecule has 0 spiro atoms. The maximum atomic E-state index is 6.75. The Hall–Kier alpha value is -4.21. The van der Waals surface area contributed by atoms with Crippen LogP contribution in [0.25, 0.3) is 38.8 Å². The van der Waals surface area contributed by atoms with Gasteiger partial charge in [-0.3, -0.25) is 4.99 Å². The molecule has 184 valence electrons. The van der Waals surface area contributed by atoms with Crippen LogP contribution in [0, 0.1) is 0 Å². The molecule has 1 heterocycles. The Labute approximate surface area is 218 Å². The Bertz CT molecular complexity index is 1610. The molecule has 0 aliphatic carbocycles. The van der Waals surface area contributed by atoms with Crippen LogP contribution < -0.4 is 5.73 Å². The molecule has 0 aliphatic rings. The van der Waals surface area contributed by atoms with E-state index in [4.69, 9.17) is 10.2 Å². The maximum Gasteiger partial charge on any atom is 0.141 e. The van der Waals surface area contributed by atoms with E-state index in [0.29, 0.717) is 0 Å². The van der Waals surface area contributed by atoms with E-state index in [9.17, 15) is 0 Å². The molecule has 1 unspecified atom stereocenters. The minimum Gasteiger partial charge on any atom is -0.456 e. The molecular formula is C34H32N2O. The van der Waals surface area contributed by atoms with Crippen molar-refractivity contribution in [2.24, 2.45) is 10.7 Å². The highest BCUT2D eigenvalue weighted by atomic mass is 16.3. The minimum absolute atomic E-state index is 0.409. The zero-order valence-electron chi connectivity index (χ0n) is 21.4. The number of hydrogen-bond acceptors (Lipinski definition) is 3. The number of fused-ring (bicyclic) bond motifs is 3. The van der Waals surface area contributed by atoms with Crippen molar-refractivity contribution in [3.63, 3.8) is 0 Å². The quantitative estimate of drug-likeness (QED) is 0.177. The summed E-state index contributed by atoms with van der Waals surface area (Å²) in [5.74, 6) is 0. The molecule has 4 aromatic carbocycles. The van der Waals surface area contributed by atoms with Gasteiger partial charge in [-0.05, 0) is 60.9 Å². The van der Waals surface area contributed by atoms with Gasteiger partial charge >= 0.3 is 0 Å². The van der Waals surface area contributed by atoms with Gasteiger partial charge in [0.2, 0.25) is 0 Å². The summed E-state index contributed by atoms with van der Waals surface area (Å²) < 4.78 is 6.43. The largest absolute Gasteiger partial charge is 0.456 e. The molecule has 3 heteroatoms. The molecule has 5 aromatic rings. The lowest BCUT2D eigenvalue weighted by molar-refractivity contribution is 0.659. The van der Waals surface area contributed by atoms with Crippen LogP contribution in [0.2, 0.25) is 0 Å². The second-order valence-corrected chi connectivity index (χ2v) is 9.28. The van der Waals surface area contributed by atoms with E-state index in [1.807, 2.05) is 48.5 Å². The second kappa shape index (κ2) is 10.8. The summed E-state index contributed by atoms with van der Waals surface area (Å²) in [5.41, 5.74) is 16.1. The fourth-order valence-corrected chi connectivity index (χ4v) is 4.96. The number of furan rings is 1. The Balaban J connectivity index is 1.61. The van der Waals surface area contributed by atoms with Crippen molar-refractivity contribution >= 4 is 34.4 Å². The second-order valence-electron chi connectivity index (χ2n) is 9.28. The molecule has 0 aliphatic heterocycles. The molecule has 0 bridgehead atoms. The molecule has 0 saturated heterocycles. The zero-order valence-corrected chi connectivity index (χ0v) is 21.4. The van der Waals surface area contributed by atoms with E-state index in [0.717, 1.165) is 62.7 Å². The highest BCUT2D eigenvalue weighted by Gasteiger charge is 2.19. The fourth-order valence-electron chi connectivity index (χ4n) is 4.96. The number of rotatable bonds is 8. The summed E-state index contributed by atoms with van der Waals surface area (Å²) in [6, 6.07) is 30.9. The van der Waals surface area contributed by atoms with Crippen molar-refractivity contribution in [2.75, 3.05) is 0 Å². The van der Waals surface area contributed by atoms with Gasteiger partial charge < -0.3 is 10.2 Å². The molecule has 5 rings (SSSR count). The van der Waals surface area contributed by atoms with Gasteiger partial charge in [-0.1, -0.05) is 104 Å². The number of nitrogens with two attached hydrogens (primary N) is 1. The van der Waals surface area contributed by atoms with Gasteiger partial charge in [-0.2, -0.15) is 0 Å². The van der Waals surface area contributed by atoms with Gasteiger partial charge in [0.1, 0.15) is 11.2 Å². The lowest BCUT2D eigenvalue weighted by atomic mass is 9.93. The molecule has 3 nitrogen and oxygen atoms in total. The van der Waals surface area contributed by atoms with Crippen LogP contribution in [-0.4, -0.2) is 6.72 Å². The molecule has 0 saturated carbocycles. The van der Waals surface area contributed by atoms with Crippen LogP contribution in [0.4, 0.5) is 0 Å². The Morgan fingerprint density at radius 1 is 0.946 bits per heavy atom. The molecule has 1 atom stereocenters. The highest BCUT2D eigenvalue weighted by Crippen LogP contribution is 2.40. The van der Waals surface area contributed by atoms with Crippen LogP contribution in [0.1, 0.15) is 43.0 Å². The molecule has 1 aromatic heterocycles. The smallest absolute Gasteiger partial charge is 0.141 e. The number of allylic oxidation sites excluding steroid dienone is 2. The highest BCUT2D eigenvalue weighted by molar-refractivity contribution is 6.13. The van der Waals surface area contributed by atoms with Gasteiger partial charge in [-0.25, -0.2) is 0 Å². The van der Waals surface area contributed by atoms with E-state index in [2.05, 4.69) is 80.2 Å². The van der Waals surface area contributed by atoms with E-state index in [1.165, 1.54) is 11.1 Å². The van der Waals surface area contributed by atoms with Gasteiger partial charge in [0.05, 0.1) is 11.7 Å². The van der Waals surface area contributed by atoms with E-state index >= 15 is 0 Å². The van der Waals surface area contributed by atoms with Crippen molar-refractivity contribution in [1.29, 1.82) is 0 Å². The Kier molecular flexibility index (Phi) is 7.16. The third kappa shape index (κ3) is 4.91. The predicted octanol–water partition coefficient (Wildman–Crippen LogP) is 8.89. The lowest BCUT2D eigenvalue weighted by Gasteiger charge is -2.13. The predicted molar refractivity (Wildman–Crippen MR) is 158 cm³/mol. The summed E-state index contributed by atoms with van der Waals surface area (Å²) in [6.45, 7) is 8.09. The normalized spacial score (nSPS) is 13.3. The summed E-state index contributed by atoms with van der Waals surface area (Å²) in [5, 5.41) is 2.17. The Morgan fingerprint density at radius 3 is 2.38 bits per heavy atom. The van der Waals surface area contributed by atoms with E-state index in [-0.39, 0.29) is 0 Å². The van der Waals surface area contributed by atoms with Crippen LogP contribution in [0.5, 0.6) is 0 Å². The van der Waals surface area contributed by atoms with Crippen molar-refractivity contribution in [2.45, 2.75) is 32.7 Å². The molecular weight excluding hydrogens is 452 g/mol. The van der Waals surface area contributed by atoms with Crippen molar-refractivity contribution in [1.82, 2.24) is 0 Å². The first-order valence-corrected chi connectivity index (χ1v) is 12.8. The number of benzene rings is 4. The van der Waals surface area contributed by atoms with E-state index in [1.54, 1.807) is 0 Å².